The van der Waals surface area contributed by atoms with Crippen LogP contribution in [0.3, 0.4) is 0 Å². The largest absolute Gasteiger partial charge is 0.472 e. The van der Waals surface area contributed by atoms with E-state index in [-0.39, 0.29) is 32.1 Å². The number of hydrogen-bond donors (Lipinski definition) is 3. The average Bonchev–Trinajstić information content (AvgIpc) is 3.23. The minimum atomic E-state index is -4.42. The highest BCUT2D eigenvalue weighted by Gasteiger charge is 2.23. The average molecular weight is 870 g/mol. The molecule has 0 fully saturated rings. The number of amides is 1. The molecule has 0 aliphatic heterocycles. The fraction of sp³-hybridized carbons (Fsp3) is 0.880. The summed E-state index contributed by atoms with van der Waals surface area (Å²) in [4.78, 5) is 34.0. The minimum Gasteiger partial charge on any atom is -0.463 e. The Balaban J connectivity index is 3.54. The van der Waals surface area contributed by atoms with Crippen molar-refractivity contribution >= 4 is 19.7 Å². The molecule has 0 saturated heterocycles. The summed E-state index contributed by atoms with van der Waals surface area (Å²) in [6, 6.07) is 0. The molecule has 0 rings (SSSR count). The second-order valence-corrected chi connectivity index (χ2v) is 18.6. The van der Waals surface area contributed by atoms with E-state index in [0.29, 0.717) is 6.42 Å². The fourth-order valence-electron chi connectivity index (χ4n) is 7.25. The van der Waals surface area contributed by atoms with Gasteiger partial charge in [0, 0.05) is 19.4 Å². The molecule has 0 heterocycles. The molecule has 354 valence electrons. The number of nitrogens with one attached hydrogen (secondary N) is 1. The molecule has 0 bridgehead atoms. The van der Waals surface area contributed by atoms with Crippen molar-refractivity contribution in [2.75, 3.05) is 26.4 Å². The van der Waals surface area contributed by atoms with Gasteiger partial charge in [0.2, 0.25) is 5.91 Å². The van der Waals surface area contributed by atoms with Crippen LogP contribution in [0.25, 0.3) is 0 Å². The maximum Gasteiger partial charge on any atom is 0.472 e. The highest BCUT2D eigenvalue weighted by molar-refractivity contribution is 7.47. The number of rotatable bonds is 48. The van der Waals surface area contributed by atoms with Crippen LogP contribution in [-0.2, 0) is 27.9 Å². The van der Waals surface area contributed by atoms with Gasteiger partial charge in [-0.05, 0) is 64.2 Å². The highest BCUT2D eigenvalue weighted by Crippen LogP contribution is 2.42. The summed E-state index contributed by atoms with van der Waals surface area (Å²) in [5.74, 6) is -0.516. The Morgan fingerprint density at radius 1 is 0.500 bits per heavy atom. The van der Waals surface area contributed by atoms with Crippen LogP contribution in [0.5, 0.6) is 0 Å². The van der Waals surface area contributed by atoms with Crippen molar-refractivity contribution in [2.45, 2.75) is 258 Å². The molecule has 3 N–H and O–H groups in total. The zero-order chi connectivity index (χ0) is 43.9. The standard InChI is InChI=1S/C50H96NO8P/c1-3-5-7-9-11-13-15-17-19-21-22-23-24-25-26-27-29-31-33-35-37-39-41-43-50(54)57-46-48(52)47-59-60(55,56)58-45-44-51-49(53)42-40-38-36-34-32-30-28-20-18-16-14-12-10-8-6-4-2/h17,19-20,28,48,52H,3-16,18,21-27,29-47H2,1-2H3,(H,51,53)(H,55,56)/b19-17+,28-20-. The Morgan fingerprint density at radius 2 is 0.850 bits per heavy atom. The first-order chi connectivity index (χ1) is 29.3. The van der Waals surface area contributed by atoms with Crippen molar-refractivity contribution in [1.82, 2.24) is 5.32 Å². The molecular formula is C50H96NO8P. The molecule has 9 nitrogen and oxygen atoms in total. The van der Waals surface area contributed by atoms with E-state index in [2.05, 4.69) is 43.5 Å². The molecule has 1 amide bonds. The first kappa shape index (κ1) is 58.5. The number of esters is 1. The number of phosphoric acid groups is 1. The van der Waals surface area contributed by atoms with Crippen molar-refractivity contribution in [3.8, 4) is 0 Å². The number of hydrogen-bond acceptors (Lipinski definition) is 7. The maximum atomic E-state index is 12.1. The summed E-state index contributed by atoms with van der Waals surface area (Å²) in [6.07, 6.45) is 52.6. The number of carbonyl (C=O) groups excluding carboxylic acids is 2. The molecule has 0 aromatic heterocycles. The van der Waals surface area contributed by atoms with Crippen molar-refractivity contribution in [3.63, 3.8) is 0 Å². The quantitative estimate of drug-likeness (QED) is 0.0238. The first-order valence-corrected chi connectivity index (χ1v) is 26.8. The van der Waals surface area contributed by atoms with Gasteiger partial charge in [-0.2, -0.15) is 0 Å². The monoisotopic (exact) mass is 870 g/mol. The van der Waals surface area contributed by atoms with Crippen molar-refractivity contribution in [1.29, 1.82) is 0 Å². The van der Waals surface area contributed by atoms with Gasteiger partial charge in [0.25, 0.3) is 0 Å². The molecule has 10 heteroatoms. The van der Waals surface area contributed by atoms with Crippen LogP contribution in [-0.4, -0.2) is 54.3 Å². The lowest BCUT2D eigenvalue weighted by molar-refractivity contribution is -0.147. The Hall–Kier alpha value is -1.51. The Labute approximate surface area is 370 Å². The normalized spacial score (nSPS) is 13.3. The zero-order valence-electron chi connectivity index (χ0n) is 39.2. The van der Waals surface area contributed by atoms with Crippen molar-refractivity contribution < 1.29 is 37.9 Å². The predicted octanol–water partition coefficient (Wildman–Crippen LogP) is 14.7. The van der Waals surface area contributed by atoms with E-state index >= 15 is 0 Å². The molecule has 0 aliphatic rings. The lowest BCUT2D eigenvalue weighted by atomic mass is 10.0. The van der Waals surface area contributed by atoms with Crippen molar-refractivity contribution in [2.24, 2.45) is 0 Å². The second-order valence-electron chi connectivity index (χ2n) is 17.1. The molecule has 2 unspecified atom stereocenters. The minimum absolute atomic E-state index is 0.0796. The van der Waals surface area contributed by atoms with Crippen LogP contribution in [0.15, 0.2) is 24.3 Å². The SMILES string of the molecule is CCCCCCCC/C=C/CCCCCCCCCCCCCCCC(=O)OCC(O)COP(=O)(O)OCCNC(=O)CCCCCCC/C=C\CCCCCCCCC. The number of ether oxygens (including phenoxy) is 1. The van der Waals surface area contributed by atoms with Gasteiger partial charge in [0.1, 0.15) is 12.7 Å². The van der Waals surface area contributed by atoms with E-state index in [9.17, 15) is 24.2 Å². The van der Waals surface area contributed by atoms with E-state index in [1.807, 2.05) is 0 Å². The molecular weight excluding hydrogens is 774 g/mol. The van der Waals surface area contributed by atoms with Gasteiger partial charge in [0.15, 0.2) is 0 Å². The third kappa shape index (κ3) is 47.5. The van der Waals surface area contributed by atoms with Crippen LogP contribution in [0.2, 0.25) is 0 Å². The van der Waals surface area contributed by atoms with E-state index < -0.39 is 26.5 Å². The molecule has 60 heavy (non-hydrogen) atoms. The zero-order valence-corrected chi connectivity index (χ0v) is 40.1. The van der Waals surface area contributed by atoms with Crippen LogP contribution in [0.1, 0.15) is 251 Å². The summed E-state index contributed by atoms with van der Waals surface area (Å²) in [5, 5.41) is 12.7. The molecule has 2 atom stereocenters. The Morgan fingerprint density at radius 3 is 1.25 bits per heavy atom. The number of aliphatic hydroxyl groups excluding tert-OH is 1. The molecule has 0 spiro atoms. The summed E-state index contributed by atoms with van der Waals surface area (Å²) in [5.41, 5.74) is 0. The topological polar surface area (TPSA) is 131 Å². The fourth-order valence-corrected chi connectivity index (χ4v) is 8.01. The summed E-state index contributed by atoms with van der Waals surface area (Å²) in [7, 11) is -4.42. The van der Waals surface area contributed by atoms with Crippen LogP contribution < -0.4 is 5.32 Å². The van der Waals surface area contributed by atoms with E-state index in [0.717, 1.165) is 44.9 Å². The molecule has 0 aromatic carbocycles. The van der Waals surface area contributed by atoms with E-state index in [1.54, 1.807) is 0 Å². The van der Waals surface area contributed by atoms with Gasteiger partial charge in [-0.3, -0.25) is 18.6 Å². The molecule has 0 aliphatic carbocycles. The third-order valence-electron chi connectivity index (χ3n) is 11.1. The number of unbranched alkanes of at least 4 members (excludes halogenated alkanes) is 31. The van der Waals surface area contributed by atoms with Gasteiger partial charge in [-0.25, -0.2) is 4.57 Å². The summed E-state index contributed by atoms with van der Waals surface area (Å²) in [6.45, 7) is 3.58. The second kappa shape index (κ2) is 47.0. The van der Waals surface area contributed by atoms with Gasteiger partial charge in [-0.15, -0.1) is 0 Å². The Bertz CT molecular complexity index is 1040. The van der Waals surface area contributed by atoms with Crippen LogP contribution >= 0.6 is 7.82 Å². The van der Waals surface area contributed by atoms with Crippen LogP contribution in [0, 0.1) is 0 Å². The van der Waals surface area contributed by atoms with Gasteiger partial charge in [0.05, 0.1) is 13.2 Å². The van der Waals surface area contributed by atoms with E-state index in [4.69, 9.17) is 13.8 Å². The predicted molar refractivity (Wildman–Crippen MR) is 252 cm³/mol. The number of carbonyl (C=O) groups is 2. The third-order valence-corrected chi connectivity index (χ3v) is 12.1. The lowest BCUT2D eigenvalue weighted by Crippen LogP contribution is -2.27. The summed E-state index contributed by atoms with van der Waals surface area (Å²) >= 11 is 0. The van der Waals surface area contributed by atoms with E-state index in [1.165, 1.54) is 180 Å². The lowest BCUT2D eigenvalue weighted by Gasteiger charge is -2.15. The highest BCUT2D eigenvalue weighted by atomic mass is 31.2. The van der Waals surface area contributed by atoms with Gasteiger partial charge < -0.3 is 20.1 Å². The molecule has 0 radical (unpaired) electrons. The summed E-state index contributed by atoms with van der Waals surface area (Å²) < 4.78 is 27.0. The number of phosphoric ester groups is 1. The van der Waals surface area contributed by atoms with Crippen molar-refractivity contribution in [3.05, 3.63) is 24.3 Å². The maximum absolute atomic E-state index is 12.1. The van der Waals surface area contributed by atoms with Crippen LogP contribution in [0.4, 0.5) is 0 Å². The van der Waals surface area contributed by atoms with Gasteiger partial charge >= 0.3 is 13.8 Å². The Kier molecular flexibility index (Phi) is 45.8. The number of allylic oxidation sites excluding steroid dienone is 4. The van der Waals surface area contributed by atoms with Gasteiger partial charge in [-0.1, -0.05) is 199 Å². The smallest absolute Gasteiger partial charge is 0.463 e. The molecule has 0 saturated carbocycles. The molecule has 0 aromatic rings. The first-order valence-electron chi connectivity index (χ1n) is 25.3. The number of aliphatic hydroxyl groups is 1.